The number of hydrogen-bond donors (Lipinski definition) is 1. The largest absolute Gasteiger partial charge is 0.461 e. The molecule has 0 radical (unpaired) electrons. The van der Waals surface area contributed by atoms with Gasteiger partial charge in [0, 0.05) is 6.54 Å². The molecule has 0 aliphatic rings. The molecule has 0 spiro atoms. The van der Waals surface area contributed by atoms with Gasteiger partial charge in [-0.2, -0.15) is 5.26 Å². The van der Waals surface area contributed by atoms with Crippen molar-refractivity contribution in [1.29, 1.82) is 5.26 Å². The zero-order valence-electron chi connectivity index (χ0n) is 9.84. The average molecular weight is 239 g/mol. The number of amidine groups is 1. The summed E-state index contributed by atoms with van der Waals surface area (Å²) in [6.07, 6.45) is 4.25. The maximum absolute atomic E-state index is 8.67. The smallest absolute Gasteiger partial charge is 0.182 e. The highest BCUT2D eigenvalue weighted by Crippen LogP contribution is 2.03. The van der Waals surface area contributed by atoms with Gasteiger partial charge in [-0.05, 0) is 24.1 Å². The van der Waals surface area contributed by atoms with E-state index in [9.17, 15) is 0 Å². The normalized spacial score (nSPS) is 10.9. The lowest BCUT2D eigenvalue weighted by atomic mass is 10.1. The lowest BCUT2D eigenvalue weighted by Gasteiger charge is -2.01. The van der Waals surface area contributed by atoms with Crippen LogP contribution in [0.5, 0.6) is 0 Å². The number of rotatable bonds is 4. The third-order valence-corrected chi connectivity index (χ3v) is 2.44. The summed E-state index contributed by atoms with van der Waals surface area (Å²) in [5.74, 6) is 1.04. The molecule has 0 fully saturated rings. The number of benzene rings is 1. The van der Waals surface area contributed by atoms with E-state index in [4.69, 9.17) is 9.68 Å². The van der Waals surface area contributed by atoms with Crippen LogP contribution in [0.2, 0.25) is 0 Å². The Balaban J connectivity index is 2.00. The fraction of sp³-hybridized carbons (Fsp3) is 0.143. The zero-order valence-corrected chi connectivity index (χ0v) is 9.84. The first kappa shape index (κ1) is 11.9. The average Bonchev–Trinajstić information content (AvgIpc) is 2.93. The predicted octanol–water partition coefficient (Wildman–Crippen LogP) is 2.34. The molecule has 2 aromatic rings. The Morgan fingerprint density at radius 1 is 1.22 bits per heavy atom. The minimum absolute atomic E-state index is 0.471. The van der Waals surface area contributed by atoms with Crippen molar-refractivity contribution in [3.05, 3.63) is 60.1 Å². The molecule has 1 aromatic heterocycles. The van der Waals surface area contributed by atoms with Crippen LogP contribution in [0.4, 0.5) is 0 Å². The quantitative estimate of drug-likeness (QED) is 0.385. The van der Waals surface area contributed by atoms with E-state index in [-0.39, 0.29) is 0 Å². The van der Waals surface area contributed by atoms with Crippen molar-refractivity contribution in [3.8, 4) is 6.19 Å². The van der Waals surface area contributed by atoms with E-state index in [0.29, 0.717) is 18.1 Å². The van der Waals surface area contributed by atoms with Crippen molar-refractivity contribution in [3.63, 3.8) is 0 Å². The van der Waals surface area contributed by atoms with E-state index in [1.165, 1.54) is 5.56 Å². The summed E-state index contributed by atoms with van der Waals surface area (Å²) in [4.78, 5) is 4.34. The highest BCUT2D eigenvalue weighted by Gasteiger charge is 2.04. The van der Waals surface area contributed by atoms with Crippen molar-refractivity contribution < 1.29 is 4.42 Å². The first-order chi connectivity index (χ1) is 8.90. The van der Waals surface area contributed by atoms with Crippen molar-refractivity contribution in [2.75, 3.05) is 6.54 Å². The standard InChI is InChI=1S/C14H13N3O/c15-11-17-14(13-7-4-10-18-13)16-9-8-12-5-2-1-3-6-12/h1-7,10H,8-9H2,(H,16,17). The molecule has 90 valence electrons. The molecule has 0 unspecified atom stereocenters. The minimum atomic E-state index is 0.471. The van der Waals surface area contributed by atoms with Crippen LogP contribution in [0.15, 0.2) is 58.1 Å². The summed E-state index contributed by atoms with van der Waals surface area (Å²) in [5.41, 5.74) is 1.22. The summed E-state index contributed by atoms with van der Waals surface area (Å²) < 4.78 is 5.21. The van der Waals surface area contributed by atoms with Crippen molar-refractivity contribution in [2.24, 2.45) is 4.99 Å². The second kappa shape index (κ2) is 6.26. The van der Waals surface area contributed by atoms with Gasteiger partial charge in [-0.1, -0.05) is 30.3 Å². The first-order valence-electron chi connectivity index (χ1n) is 5.67. The minimum Gasteiger partial charge on any atom is -0.461 e. The van der Waals surface area contributed by atoms with E-state index in [2.05, 4.69) is 22.4 Å². The number of nitrogens with zero attached hydrogens (tertiary/aromatic N) is 2. The van der Waals surface area contributed by atoms with Gasteiger partial charge in [-0.25, -0.2) is 0 Å². The van der Waals surface area contributed by atoms with Crippen molar-refractivity contribution in [2.45, 2.75) is 6.42 Å². The molecule has 0 amide bonds. The van der Waals surface area contributed by atoms with Gasteiger partial charge in [-0.3, -0.25) is 10.3 Å². The van der Waals surface area contributed by atoms with Gasteiger partial charge in [0.05, 0.1) is 6.26 Å². The summed E-state index contributed by atoms with van der Waals surface area (Å²) in [6.45, 7) is 0.606. The van der Waals surface area contributed by atoms with E-state index in [1.807, 2.05) is 24.4 Å². The first-order valence-corrected chi connectivity index (χ1v) is 5.67. The molecule has 2 rings (SSSR count). The lowest BCUT2D eigenvalue weighted by Crippen LogP contribution is -2.19. The second-order valence-electron chi connectivity index (χ2n) is 3.68. The number of aliphatic imine (C=N–C) groups is 1. The Kier molecular flexibility index (Phi) is 4.15. The molecule has 0 bridgehead atoms. The van der Waals surface area contributed by atoms with E-state index in [0.717, 1.165) is 6.42 Å². The van der Waals surface area contributed by atoms with Gasteiger partial charge < -0.3 is 4.42 Å². The zero-order chi connectivity index (χ0) is 12.6. The Morgan fingerprint density at radius 3 is 2.72 bits per heavy atom. The van der Waals surface area contributed by atoms with Crippen LogP contribution in [0.1, 0.15) is 11.3 Å². The summed E-state index contributed by atoms with van der Waals surface area (Å²) in [5, 5.41) is 11.2. The molecule has 4 nitrogen and oxygen atoms in total. The second-order valence-corrected chi connectivity index (χ2v) is 3.68. The van der Waals surface area contributed by atoms with Gasteiger partial charge in [0.2, 0.25) is 0 Å². The van der Waals surface area contributed by atoms with Gasteiger partial charge in [0.1, 0.15) is 0 Å². The molecule has 1 heterocycles. The molecular weight excluding hydrogens is 226 g/mol. The molecule has 0 saturated carbocycles. The fourth-order valence-corrected chi connectivity index (χ4v) is 1.59. The van der Waals surface area contributed by atoms with Gasteiger partial charge in [0.25, 0.3) is 0 Å². The SMILES string of the molecule is N#CN/C(=N\CCc1ccccc1)c1ccco1. The maximum atomic E-state index is 8.67. The molecule has 1 N–H and O–H groups in total. The van der Waals surface area contributed by atoms with Crippen LogP contribution in [-0.4, -0.2) is 12.4 Å². The molecule has 0 aliphatic carbocycles. The molecule has 0 atom stereocenters. The number of nitrogens with one attached hydrogen (secondary N) is 1. The van der Waals surface area contributed by atoms with Gasteiger partial charge >= 0.3 is 0 Å². The van der Waals surface area contributed by atoms with E-state index >= 15 is 0 Å². The predicted molar refractivity (Wildman–Crippen MR) is 69.0 cm³/mol. The Morgan fingerprint density at radius 2 is 2.06 bits per heavy atom. The van der Waals surface area contributed by atoms with E-state index < -0.39 is 0 Å². The summed E-state index contributed by atoms with van der Waals surface area (Å²) in [6, 6.07) is 13.6. The monoisotopic (exact) mass is 239 g/mol. The molecule has 0 saturated heterocycles. The Hall–Kier alpha value is -2.54. The number of hydrogen-bond acceptors (Lipinski definition) is 3. The Labute approximate surface area is 106 Å². The molecular formula is C14H13N3O. The van der Waals surface area contributed by atoms with Crippen molar-refractivity contribution in [1.82, 2.24) is 5.32 Å². The van der Waals surface area contributed by atoms with Crippen LogP contribution >= 0.6 is 0 Å². The fourth-order valence-electron chi connectivity index (χ4n) is 1.59. The van der Waals surface area contributed by atoms with Crippen LogP contribution in [0, 0.1) is 11.5 Å². The van der Waals surface area contributed by atoms with Crippen molar-refractivity contribution >= 4 is 5.84 Å². The third kappa shape index (κ3) is 3.22. The molecule has 1 aromatic carbocycles. The van der Waals surface area contributed by atoms with Gasteiger partial charge in [-0.15, -0.1) is 0 Å². The molecule has 0 aliphatic heterocycles. The Bertz CT molecular complexity index is 538. The topological polar surface area (TPSA) is 61.3 Å². The summed E-state index contributed by atoms with van der Waals surface area (Å²) >= 11 is 0. The third-order valence-electron chi connectivity index (χ3n) is 2.44. The van der Waals surface area contributed by atoms with Crippen LogP contribution in [-0.2, 0) is 6.42 Å². The van der Waals surface area contributed by atoms with E-state index in [1.54, 1.807) is 18.4 Å². The highest BCUT2D eigenvalue weighted by atomic mass is 16.3. The van der Waals surface area contributed by atoms with Crippen LogP contribution in [0.3, 0.4) is 0 Å². The highest BCUT2D eigenvalue weighted by molar-refractivity contribution is 5.97. The maximum Gasteiger partial charge on any atom is 0.182 e. The number of furan rings is 1. The van der Waals surface area contributed by atoms with Crippen LogP contribution < -0.4 is 5.32 Å². The molecule has 4 heteroatoms. The van der Waals surface area contributed by atoms with Gasteiger partial charge in [0.15, 0.2) is 17.8 Å². The molecule has 18 heavy (non-hydrogen) atoms. The van der Waals surface area contributed by atoms with Crippen LogP contribution in [0.25, 0.3) is 0 Å². The lowest BCUT2D eigenvalue weighted by molar-refractivity contribution is 0.555. The summed E-state index contributed by atoms with van der Waals surface area (Å²) in [7, 11) is 0. The number of nitriles is 1.